The molecular formula is C21H21F3N6O. The molecule has 1 fully saturated rings. The molecule has 31 heavy (non-hydrogen) atoms. The highest BCUT2D eigenvalue weighted by Crippen LogP contribution is 2.35. The number of hydrogen-bond donors (Lipinski definition) is 1. The molecule has 0 aliphatic carbocycles. The second-order valence-electron chi connectivity index (χ2n) is 7.60. The SMILES string of the molecule is Cn1cc(C(=O)N2CCC[C@@H](c3nc(N)ncc3-c3ccc(C(F)(F)F)cc3)C2)cn1. The Balaban J connectivity index is 1.63. The van der Waals surface area contributed by atoms with Gasteiger partial charge in [-0.15, -0.1) is 0 Å². The van der Waals surface area contributed by atoms with Gasteiger partial charge in [0.1, 0.15) is 0 Å². The van der Waals surface area contributed by atoms with Crippen LogP contribution in [0.2, 0.25) is 0 Å². The van der Waals surface area contributed by atoms with Crippen LogP contribution in [0.1, 0.15) is 40.4 Å². The number of piperidine rings is 1. The number of nitrogens with zero attached hydrogens (tertiary/aromatic N) is 5. The lowest BCUT2D eigenvalue weighted by atomic mass is 9.89. The lowest BCUT2D eigenvalue weighted by Gasteiger charge is -2.33. The molecule has 10 heteroatoms. The van der Waals surface area contributed by atoms with Gasteiger partial charge in [0.15, 0.2) is 0 Å². The predicted octanol–water partition coefficient (Wildman–Crippen LogP) is 3.50. The van der Waals surface area contributed by atoms with E-state index in [1.807, 2.05) is 0 Å². The van der Waals surface area contributed by atoms with Crippen molar-refractivity contribution in [1.29, 1.82) is 0 Å². The molecule has 3 aromatic rings. The van der Waals surface area contributed by atoms with Crippen molar-refractivity contribution in [3.05, 3.63) is 59.7 Å². The second-order valence-corrected chi connectivity index (χ2v) is 7.60. The van der Waals surface area contributed by atoms with Crippen LogP contribution in [0.4, 0.5) is 19.1 Å². The van der Waals surface area contributed by atoms with E-state index in [1.54, 1.807) is 22.8 Å². The van der Waals surface area contributed by atoms with Gasteiger partial charge in [-0.1, -0.05) is 12.1 Å². The number of halogens is 3. The van der Waals surface area contributed by atoms with Crippen LogP contribution in [0.25, 0.3) is 11.1 Å². The van der Waals surface area contributed by atoms with Crippen molar-refractivity contribution in [2.75, 3.05) is 18.8 Å². The summed E-state index contributed by atoms with van der Waals surface area (Å²) in [7, 11) is 1.75. The standard InChI is InChI=1S/C21H21F3N6O/c1-29-11-15(9-27-29)19(31)30-8-2-3-14(12-30)18-17(10-26-20(25)28-18)13-4-6-16(7-5-13)21(22,23)24/h4-7,9-11,14H,2-3,8,12H2,1H3,(H2,25,26,28)/t14-/m1/s1. The van der Waals surface area contributed by atoms with Gasteiger partial charge < -0.3 is 10.6 Å². The minimum atomic E-state index is -4.41. The van der Waals surface area contributed by atoms with Crippen LogP contribution in [0.15, 0.2) is 42.9 Å². The molecule has 162 valence electrons. The maximum atomic E-state index is 12.9. The van der Waals surface area contributed by atoms with Crippen LogP contribution in [0.3, 0.4) is 0 Å². The Morgan fingerprint density at radius 1 is 1.19 bits per heavy atom. The summed E-state index contributed by atoms with van der Waals surface area (Å²) in [5, 5.41) is 4.05. The average Bonchev–Trinajstić information content (AvgIpc) is 3.19. The number of carbonyl (C=O) groups is 1. The molecule has 1 aliphatic heterocycles. The van der Waals surface area contributed by atoms with Crippen molar-refractivity contribution in [3.8, 4) is 11.1 Å². The number of carbonyl (C=O) groups excluding carboxylic acids is 1. The molecule has 1 amide bonds. The molecule has 1 saturated heterocycles. The van der Waals surface area contributed by atoms with Crippen LogP contribution in [0, 0.1) is 0 Å². The van der Waals surface area contributed by atoms with Crippen molar-refractivity contribution in [3.63, 3.8) is 0 Å². The summed E-state index contributed by atoms with van der Waals surface area (Å²) in [6.45, 7) is 1.04. The Morgan fingerprint density at radius 3 is 2.58 bits per heavy atom. The molecular weight excluding hydrogens is 409 g/mol. The van der Waals surface area contributed by atoms with Crippen molar-refractivity contribution in [2.24, 2.45) is 7.05 Å². The summed E-state index contributed by atoms with van der Waals surface area (Å²) in [5.41, 5.74) is 7.42. The number of amides is 1. The molecule has 4 rings (SSSR count). The zero-order valence-corrected chi connectivity index (χ0v) is 16.8. The van der Waals surface area contributed by atoms with Gasteiger partial charge >= 0.3 is 6.18 Å². The number of likely N-dealkylation sites (tertiary alicyclic amines) is 1. The third kappa shape index (κ3) is 4.37. The van der Waals surface area contributed by atoms with E-state index in [0.29, 0.717) is 35.5 Å². The molecule has 0 saturated carbocycles. The molecule has 3 heterocycles. The molecule has 0 spiro atoms. The van der Waals surface area contributed by atoms with Crippen molar-refractivity contribution >= 4 is 11.9 Å². The minimum absolute atomic E-state index is 0.0846. The first kappa shape index (κ1) is 20.8. The summed E-state index contributed by atoms with van der Waals surface area (Å²) >= 11 is 0. The number of nitrogen functional groups attached to an aromatic ring is 1. The summed E-state index contributed by atoms with van der Waals surface area (Å²) < 4.78 is 40.3. The number of benzene rings is 1. The molecule has 2 N–H and O–H groups in total. The van der Waals surface area contributed by atoms with Crippen LogP contribution in [-0.2, 0) is 13.2 Å². The number of rotatable bonds is 3. The van der Waals surface area contributed by atoms with Crippen LogP contribution < -0.4 is 5.73 Å². The highest BCUT2D eigenvalue weighted by Gasteiger charge is 2.31. The lowest BCUT2D eigenvalue weighted by molar-refractivity contribution is -0.137. The van der Waals surface area contributed by atoms with Crippen LogP contribution in [-0.4, -0.2) is 43.6 Å². The molecule has 1 aromatic carbocycles. The van der Waals surface area contributed by atoms with E-state index in [-0.39, 0.29) is 17.8 Å². The van der Waals surface area contributed by atoms with E-state index in [1.165, 1.54) is 24.5 Å². The maximum Gasteiger partial charge on any atom is 0.416 e. The van der Waals surface area contributed by atoms with E-state index in [4.69, 9.17) is 5.73 Å². The number of hydrogen-bond acceptors (Lipinski definition) is 5. The maximum absolute atomic E-state index is 12.9. The third-order valence-electron chi connectivity index (χ3n) is 5.41. The van der Waals surface area contributed by atoms with Gasteiger partial charge in [0, 0.05) is 44.0 Å². The van der Waals surface area contributed by atoms with Gasteiger partial charge in [-0.05, 0) is 30.5 Å². The predicted molar refractivity (Wildman–Crippen MR) is 108 cm³/mol. The molecule has 1 aliphatic rings. The van der Waals surface area contributed by atoms with Crippen LogP contribution in [0.5, 0.6) is 0 Å². The Morgan fingerprint density at radius 2 is 1.94 bits per heavy atom. The lowest BCUT2D eigenvalue weighted by Crippen LogP contribution is -2.39. The Hall–Kier alpha value is -3.43. The van der Waals surface area contributed by atoms with E-state index in [2.05, 4.69) is 15.1 Å². The monoisotopic (exact) mass is 430 g/mol. The summed E-state index contributed by atoms with van der Waals surface area (Å²) in [4.78, 5) is 23.0. The summed E-state index contributed by atoms with van der Waals surface area (Å²) in [6, 6.07) is 4.88. The highest BCUT2D eigenvalue weighted by atomic mass is 19.4. The molecule has 0 radical (unpaired) electrons. The molecule has 2 aromatic heterocycles. The highest BCUT2D eigenvalue weighted by molar-refractivity contribution is 5.93. The fourth-order valence-corrected chi connectivity index (χ4v) is 3.88. The van der Waals surface area contributed by atoms with E-state index >= 15 is 0 Å². The molecule has 0 bridgehead atoms. The number of nitrogens with two attached hydrogens (primary N) is 1. The van der Waals surface area contributed by atoms with E-state index in [9.17, 15) is 18.0 Å². The fourth-order valence-electron chi connectivity index (χ4n) is 3.88. The quantitative estimate of drug-likeness (QED) is 0.687. The Kier molecular flexibility index (Phi) is 5.38. The van der Waals surface area contributed by atoms with Gasteiger partial charge in [-0.2, -0.15) is 18.3 Å². The summed E-state index contributed by atoms with van der Waals surface area (Å²) in [5.74, 6) is -0.144. The van der Waals surface area contributed by atoms with Crippen molar-refractivity contribution in [2.45, 2.75) is 24.9 Å². The number of aryl methyl sites for hydroxylation is 1. The van der Waals surface area contributed by atoms with Crippen molar-refractivity contribution in [1.82, 2.24) is 24.6 Å². The van der Waals surface area contributed by atoms with E-state index < -0.39 is 11.7 Å². The zero-order valence-electron chi connectivity index (χ0n) is 16.8. The molecule has 1 atom stereocenters. The van der Waals surface area contributed by atoms with Gasteiger partial charge in [0.25, 0.3) is 5.91 Å². The third-order valence-corrected chi connectivity index (χ3v) is 5.41. The van der Waals surface area contributed by atoms with E-state index in [0.717, 1.165) is 25.0 Å². The number of aromatic nitrogens is 4. The van der Waals surface area contributed by atoms with Crippen molar-refractivity contribution < 1.29 is 18.0 Å². The average molecular weight is 430 g/mol. The topological polar surface area (TPSA) is 89.9 Å². The van der Waals surface area contributed by atoms with Gasteiger partial charge in [0.05, 0.1) is 23.0 Å². The van der Waals surface area contributed by atoms with Gasteiger partial charge in [-0.3, -0.25) is 9.48 Å². The van der Waals surface area contributed by atoms with Gasteiger partial charge in [-0.25, -0.2) is 9.97 Å². The zero-order chi connectivity index (χ0) is 22.2. The first-order chi connectivity index (χ1) is 14.7. The normalized spacial score (nSPS) is 17.0. The summed E-state index contributed by atoms with van der Waals surface area (Å²) in [6.07, 6.45) is 1.87. The second kappa shape index (κ2) is 8.01. The number of anilines is 1. The fraction of sp³-hybridized carbons (Fsp3) is 0.333. The molecule has 0 unspecified atom stereocenters. The first-order valence-electron chi connectivity index (χ1n) is 9.80. The van der Waals surface area contributed by atoms with Crippen LogP contribution >= 0.6 is 0 Å². The number of alkyl halides is 3. The largest absolute Gasteiger partial charge is 0.416 e. The Bertz CT molecular complexity index is 1090. The molecule has 7 nitrogen and oxygen atoms in total. The first-order valence-corrected chi connectivity index (χ1v) is 9.80. The minimum Gasteiger partial charge on any atom is -0.368 e. The van der Waals surface area contributed by atoms with Gasteiger partial charge in [0.2, 0.25) is 5.95 Å². The smallest absolute Gasteiger partial charge is 0.368 e. The Labute approximate surface area is 176 Å².